The molecule has 0 bridgehead atoms. The van der Waals surface area contributed by atoms with Gasteiger partial charge in [-0.1, -0.05) is 12.1 Å². The molecule has 1 aliphatic heterocycles. The summed E-state index contributed by atoms with van der Waals surface area (Å²) in [6, 6.07) is 15.4. The van der Waals surface area contributed by atoms with Gasteiger partial charge < -0.3 is 15.0 Å². The standard InChI is InChI=1S/C21H25N3O3/c1-3-23(19-6-4-5-16(2)15-19)12-11-22-20(25)17-7-9-18(10-8-17)24-13-14-27-21(24)26/h4-10,15H,3,11-14H2,1-2H3,(H,22,25). The summed E-state index contributed by atoms with van der Waals surface area (Å²) in [4.78, 5) is 27.7. The quantitative estimate of drug-likeness (QED) is 0.816. The van der Waals surface area contributed by atoms with E-state index in [0.29, 0.717) is 25.3 Å². The second kappa shape index (κ2) is 8.58. The summed E-state index contributed by atoms with van der Waals surface area (Å²) in [6.07, 6.45) is -0.344. The number of hydrogen-bond donors (Lipinski definition) is 1. The zero-order valence-corrected chi connectivity index (χ0v) is 15.8. The van der Waals surface area contributed by atoms with E-state index in [2.05, 4.69) is 42.3 Å². The second-order valence-corrected chi connectivity index (χ2v) is 6.49. The van der Waals surface area contributed by atoms with Gasteiger partial charge in [-0.05, 0) is 55.8 Å². The number of anilines is 2. The highest BCUT2D eigenvalue weighted by Gasteiger charge is 2.23. The van der Waals surface area contributed by atoms with Gasteiger partial charge in [-0.2, -0.15) is 0 Å². The number of carbonyl (C=O) groups excluding carboxylic acids is 2. The first-order valence-electron chi connectivity index (χ1n) is 9.22. The van der Waals surface area contributed by atoms with E-state index in [1.807, 2.05) is 6.07 Å². The van der Waals surface area contributed by atoms with E-state index in [9.17, 15) is 9.59 Å². The lowest BCUT2D eigenvalue weighted by Gasteiger charge is -2.23. The van der Waals surface area contributed by atoms with Crippen molar-refractivity contribution in [3.05, 3.63) is 59.7 Å². The number of nitrogens with zero attached hydrogens (tertiary/aromatic N) is 2. The number of rotatable bonds is 7. The van der Waals surface area contributed by atoms with E-state index >= 15 is 0 Å². The molecular weight excluding hydrogens is 342 g/mol. The Labute approximate surface area is 159 Å². The van der Waals surface area contributed by atoms with Gasteiger partial charge in [0.25, 0.3) is 5.91 Å². The molecule has 0 aromatic heterocycles. The number of ether oxygens (including phenoxy) is 1. The van der Waals surface area contributed by atoms with Crippen molar-refractivity contribution in [2.24, 2.45) is 0 Å². The van der Waals surface area contributed by atoms with Crippen LogP contribution in [0.4, 0.5) is 16.2 Å². The lowest BCUT2D eigenvalue weighted by Crippen LogP contribution is -2.35. The third-order valence-corrected chi connectivity index (χ3v) is 4.62. The molecule has 0 radical (unpaired) electrons. The van der Waals surface area contributed by atoms with Crippen LogP contribution in [-0.2, 0) is 4.74 Å². The van der Waals surface area contributed by atoms with Crippen LogP contribution in [0.2, 0.25) is 0 Å². The molecule has 0 atom stereocenters. The molecule has 2 aromatic carbocycles. The van der Waals surface area contributed by atoms with Crippen molar-refractivity contribution in [2.45, 2.75) is 13.8 Å². The van der Waals surface area contributed by atoms with Crippen LogP contribution in [0.1, 0.15) is 22.8 Å². The Hall–Kier alpha value is -3.02. The van der Waals surface area contributed by atoms with Crippen molar-refractivity contribution in [1.29, 1.82) is 0 Å². The minimum atomic E-state index is -0.344. The monoisotopic (exact) mass is 367 g/mol. The molecule has 1 saturated heterocycles. The van der Waals surface area contributed by atoms with Crippen molar-refractivity contribution in [3.8, 4) is 0 Å². The maximum atomic E-state index is 12.4. The minimum Gasteiger partial charge on any atom is -0.447 e. The molecule has 0 aliphatic carbocycles. The van der Waals surface area contributed by atoms with Crippen LogP contribution in [0.25, 0.3) is 0 Å². The van der Waals surface area contributed by atoms with Gasteiger partial charge in [0.05, 0.1) is 6.54 Å². The first kappa shape index (κ1) is 18.8. The van der Waals surface area contributed by atoms with E-state index in [4.69, 9.17) is 4.74 Å². The first-order chi connectivity index (χ1) is 13.1. The lowest BCUT2D eigenvalue weighted by molar-refractivity contribution is 0.0954. The number of hydrogen-bond acceptors (Lipinski definition) is 4. The summed E-state index contributed by atoms with van der Waals surface area (Å²) in [5.74, 6) is -0.120. The molecule has 3 rings (SSSR count). The average molecular weight is 367 g/mol. The summed E-state index contributed by atoms with van der Waals surface area (Å²) in [7, 11) is 0. The Morgan fingerprint density at radius 2 is 2.00 bits per heavy atom. The summed E-state index contributed by atoms with van der Waals surface area (Å²) in [5.41, 5.74) is 3.70. The molecule has 0 spiro atoms. The molecule has 0 saturated carbocycles. The van der Waals surface area contributed by atoms with E-state index in [-0.39, 0.29) is 12.0 Å². The zero-order valence-electron chi connectivity index (χ0n) is 15.8. The SMILES string of the molecule is CCN(CCNC(=O)c1ccc(N2CCOC2=O)cc1)c1cccc(C)c1. The summed E-state index contributed by atoms with van der Waals surface area (Å²) in [6.45, 7) is 7.28. The fourth-order valence-corrected chi connectivity index (χ4v) is 3.12. The van der Waals surface area contributed by atoms with Crippen LogP contribution in [0.15, 0.2) is 48.5 Å². The third kappa shape index (κ3) is 4.58. The molecule has 2 aromatic rings. The van der Waals surface area contributed by atoms with Gasteiger partial charge in [0.1, 0.15) is 6.61 Å². The number of benzene rings is 2. The second-order valence-electron chi connectivity index (χ2n) is 6.49. The molecule has 1 heterocycles. The fourth-order valence-electron chi connectivity index (χ4n) is 3.12. The topological polar surface area (TPSA) is 61.9 Å². The average Bonchev–Trinajstić information content (AvgIpc) is 3.11. The summed E-state index contributed by atoms with van der Waals surface area (Å²) >= 11 is 0. The van der Waals surface area contributed by atoms with Crippen molar-refractivity contribution in [2.75, 3.05) is 42.6 Å². The highest BCUT2D eigenvalue weighted by Crippen LogP contribution is 2.19. The van der Waals surface area contributed by atoms with Gasteiger partial charge in [-0.15, -0.1) is 0 Å². The van der Waals surface area contributed by atoms with Crippen LogP contribution in [-0.4, -0.2) is 44.8 Å². The smallest absolute Gasteiger partial charge is 0.414 e. The summed E-state index contributed by atoms with van der Waals surface area (Å²) < 4.78 is 4.93. The van der Waals surface area contributed by atoms with Crippen molar-refractivity contribution in [3.63, 3.8) is 0 Å². The predicted octanol–water partition coefficient (Wildman–Crippen LogP) is 3.21. The molecule has 142 valence electrons. The third-order valence-electron chi connectivity index (χ3n) is 4.62. The van der Waals surface area contributed by atoms with Crippen LogP contribution in [0.3, 0.4) is 0 Å². The molecule has 27 heavy (non-hydrogen) atoms. The number of likely N-dealkylation sites (N-methyl/N-ethyl adjacent to an activating group) is 1. The number of aryl methyl sites for hydroxylation is 1. The molecule has 6 heteroatoms. The predicted molar refractivity (Wildman–Crippen MR) is 107 cm³/mol. The number of nitrogens with one attached hydrogen (secondary N) is 1. The van der Waals surface area contributed by atoms with E-state index < -0.39 is 0 Å². The van der Waals surface area contributed by atoms with Crippen LogP contribution in [0.5, 0.6) is 0 Å². The number of cyclic esters (lactones) is 1. The minimum absolute atomic E-state index is 0.120. The zero-order chi connectivity index (χ0) is 19.2. The van der Waals surface area contributed by atoms with E-state index in [1.54, 1.807) is 29.2 Å². The molecule has 1 fully saturated rings. The largest absolute Gasteiger partial charge is 0.447 e. The molecule has 0 unspecified atom stereocenters. The highest BCUT2D eigenvalue weighted by molar-refractivity contribution is 5.95. The molecule has 1 N–H and O–H groups in total. The molecular formula is C21H25N3O3. The van der Waals surface area contributed by atoms with Crippen molar-refractivity contribution >= 4 is 23.4 Å². The molecule has 2 amide bonds. The van der Waals surface area contributed by atoms with Gasteiger partial charge in [0.15, 0.2) is 0 Å². The molecule has 6 nitrogen and oxygen atoms in total. The van der Waals surface area contributed by atoms with Crippen LogP contribution in [0, 0.1) is 6.92 Å². The van der Waals surface area contributed by atoms with E-state index in [1.165, 1.54) is 5.56 Å². The Morgan fingerprint density at radius 1 is 1.22 bits per heavy atom. The Balaban J connectivity index is 1.53. The van der Waals surface area contributed by atoms with Gasteiger partial charge in [-0.3, -0.25) is 9.69 Å². The Morgan fingerprint density at radius 3 is 2.63 bits per heavy atom. The lowest BCUT2D eigenvalue weighted by atomic mass is 10.2. The fraction of sp³-hybridized carbons (Fsp3) is 0.333. The van der Waals surface area contributed by atoms with Gasteiger partial charge in [0.2, 0.25) is 0 Å². The van der Waals surface area contributed by atoms with Gasteiger partial charge in [0, 0.05) is 36.6 Å². The van der Waals surface area contributed by atoms with Crippen LogP contribution < -0.4 is 15.1 Å². The van der Waals surface area contributed by atoms with Gasteiger partial charge in [-0.25, -0.2) is 4.79 Å². The van der Waals surface area contributed by atoms with Crippen molar-refractivity contribution in [1.82, 2.24) is 5.32 Å². The number of amides is 2. The Bertz CT molecular complexity index is 805. The number of carbonyl (C=O) groups is 2. The Kier molecular flexibility index (Phi) is 5.96. The highest BCUT2D eigenvalue weighted by atomic mass is 16.6. The first-order valence-corrected chi connectivity index (χ1v) is 9.22. The maximum absolute atomic E-state index is 12.4. The maximum Gasteiger partial charge on any atom is 0.414 e. The molecule has 1 aliphatic rings. The van der Waals surface area contributed by atoms with Gasteiger partial charge >= 0.3 is 6.09 Å². The summed E-state index contributed by atoms with van der Waals surface area (Å²) in [5, 5.41) is 2.96. The van der Waals surface area contributed by atoms with E-state index in [0.717, 1.165) is 24.5 Å². The normalized spacial score (nSPS) is 13.4. The van der Waals surface area contributed by atoms with Crippen LogP contribution >= 0.6 is 0 Å². The van der Waals surface area contributed by atoms with Crippen molar-refractivity contribution < 1.29 is 14.3 Å².